The van der Waals surface area contributed by atoms with E-state index in [9.17, 15) is 9.59 Å². The van der Waals surface area contributed by atoms with Crippen molar-refractivity contribution in [1.29, 1.82) is 0 Å². The second kappa shape index (κ2) is 8.15. The number of rotatable bonds is 7. The number of nitrogens with two attached hydrogens (primary N) is 1. The van der Waals surface area contributed by atoms with Gasteiger partial charge in [0.15, 0.2) is 0 Å². The van der Waals surface area contributed by atoms with Crippen molar-refractivity contribution in [3.05, 3.63) is 0 Å². The van der Waals surface area contributed by atoms with Crippen LogP contribution < -0.4 is 11.1 Å². The predicted octanol–water partition coefficient (Wildman–Crippen LogP) is 1.37. The van der Waals surface area contributed by atoms with Crippen molar-refractivity contribution in [2.24, 2.45) is 23.5 Å². The van der Waals surface area contributed by atoms with Gasteiger partial charge in [0.2, 0.25) is 5.91 Å². The summed E-state index contributed by atoms with van der Waals surface area (Å²) in [5, 5.41) is 11.5. The van der Waals surface area contributed by atoms with Gasteiger partial charge in [-0.05, 0) is 50.5 Å². The Balaban J connectivity index is 2.19. The summed E-state index contributed by atoms with van der Waals surface area (Å²) in [4.78, 5) is 22.4. The van der Waals surface area contributed by atoms with Crippen LogP contribution in [0.2, 0.25) is 0 Å². The lowest BCUT2D eigenvalue weighted by Crippen LogP contribution is -2.36. The van der Waals surface area contributed by atoms with Gasteiger partial charge in [0.05, 0.1) is 0 Å². The number of amides is 1. The fraction of sp³-hybridized carbons (Fsp3) is 0.857. The number of hydrogen-bond donors (Lipinski definition) is 3. The summed E-state index contributed by atoms with van der Waals surface area (Å²) in [6, 6.07) is 0. The van der Waals surface area contributed by atoms with Crippen LogP contribution in [-0.4, -0.2) is 30.1 Å². The number of nitrogens with one attached hydrogen (secondary N) is 1. The average Bonchev–Trinajstić information content (AvgIpc) is 2.42. The Labute approximate surface area is 114 Å². The number of hydrogen-bond acceptors (Lipinski definition) is 3. The van der Waals surface area contributed by atoms with E-state index in [0.717, 1.165) is 32.2 Å². The van der Waals surface area contributed by atoms with Crippen LogP contribution in [0.15, 0.2) is 0 Å². The maximum absolute atomic E-state index is 12.0. The lowest BCUT2D eigenvalue weighted by atomic mass is 9.81. The summed E-state index contributed by atoms with van der Waals surface area (Å²) in [5.74, 6) is 0.254. The Kier molecular flexibility index (Phi) is 6.84. The lowest BCUT2D eigenvalue weighted by Gasteiger charge is -2.27. The van der Waals surface area contributed by atoms with Crippen molar-refractivity contribution >= 4 is 11.9 Å². The van der Waals surface area contributed by atoms with Gasteiger partial charge in [0.1, 0.15) is 0 Å². The standard InChI is InChI=1S/C14H26N2O3/c1-10(2-7-13(17)18)9-16-14(19)12-5-3-11(8-15)4-6-12/h10-12H,2-9,15H2,1H3,(H,16,19)(H,17,18). The van der Waals surface area contributed by atoms with E-state index < -0.39 is 5.97 Å². The molecule has 0 aromatic heterocycles. The SMILES string of the molecule is CC(CCC(=O)O)CNC(=O)C1CCC(CN)CC1. The van der Waals surface area contributed by atoms with Gasteiger partial charge in [-0.1, -0.05) is 6.92 Å². The zero-order valence-corrected chi connectivity index (χ0v) is 11.7. The first-order chi connectivity index (χ1) is 9.02. The summed E-state index contributed by atoms with van der Waals surface area (Å²) in [6.07, 6.45) is 4.72. The van der Waals surface area contributed by atoms with Crippen molar-refractivity contribution in [2.45, 2.75) is 45.4 Å². The summed E-state index contributed by atoms with van der Waals surface area (Å²) in [6.45, 7) is 3.26. The topological polar surface area (TPSA) is 92.4 Å². The molecule has 0 saturated heterocycles. The molecule has 0 spiro atoms. The van der Waals surface area contributed by atoms with Gasteiger partial charge in [0.25, 0.3) is 0 Å². The molecule has 5 nitrogen and oxygen atoms in total. The predicted molar refractivity (Wildman–Crippen MR) is 73.5 cm³/mol. The van der Waals surface area contributed by atoms with Crippen molar-refractivity contribution in [2.75, 3.05) is 13.1 Å². The van der Waals surface area contributed by atoms with E-state index in [1.54, 1.807) is 0 Å². The molecule has 1 amide bonds. The third-order valence-corrected chi connectivity index (χ3v) is 4.03. The Hall–Kier alpha value is -1.10. The van der Waals surface area contributed by atoms with Crippen molar-refractivity contribution in [3.63, 3.8) is 0 Å². The molecule has 0 aliphatic heterocycles. The first kappa shape index (κ1) is 16.0. The van der Waals surface area contributed by atoms with Gasteiger partial charge >= 0.3 is 5.97 Å². The van der Waals surface area contributed by atoms with E-state index in [0.29, 0.717) is 18.9 Å². The zero-order chi connectivity index (χ0) is 14.3. The van der Waals surface area contributed by atoms with Crippen molar-refractivity contribution < 1.29 is 14.7 Å². The van der Waals surface area contributed by atoms with E-state index in [4.69, 9.17) is 10.8 Å². The fourth-order valence-electron chi connectivity index (χ4n) is 2.55. The third-order valence-electron chi connectivity index (χ3n) is 4.03. The summed E-state index contributed by atoms with van der Waals surface area (Å²) < 4.78 is 0. The number of carboxylic acids is 1. The van der Waals surface area contributed by atoms with Crippen LogP contribution in [0.1, 0.15) is 45.4 Å². The molecule has 110 valence electrons. The van der Waals surface area contributed by atoms with Gasteiger partial charge in [0, 0.05) is 18.9 Å². The minimum atomic E-state index is -0.779. The van der Waals surface area contributed by atoms with Crippen LogP contribution in [0, 0.1) is 17.8 Å². The molecule has 1 aliphatic carbocycles. The van der Waals surface area contributed by atoms with Crippen LogP contribution in [0.4, 0.5) is 0 Å². The molecule has 0 heterocycles. The van der Waals surface area contributed by atoms with Crippen LogP contribution in [0.25, 0.3) is 0 Å². The Morgan fingerprint density at radius 2 is 1.95 bits per heavy atom. The van der Waals surface area contributed by atoms with Crippen molar-refractivity contribution in [1.82, 2.24) is 5.32 Å². The fourth-order valence-corrected chi connectivity index (χ4v) is 2.55. The minimum absolute atomic E-state index is 0.120. The highest BCUT2D eigenvalue weighted by atomic mass is 16.4. The van der Waals surface area contributed by atoms with Crippen LogP contribution in [0.5, 0.6) is 0 Å². The maximum atomic E-state index is 12.0. The molecule has 1 aliphatic rings. The smallest absolute Gasteiger partial charge is 0.303 e. The molecular formula is C14H26N2O3. The third kappa shape index (κ3) is 6.05. The van der Waals surface area contributed by atoms with E-state index >= 15 is 0 Å². The largest absolute Gasteiger partial charge is 0.481 e. The van der Waals surface area contributed by atoms with Gasteiger partial charge in [-0.15, -0.1) is 0 Å². The number of carboxylic acid groups (broad SMARTS) is 1. The number of carbonyl (C=O) groups is 2. The highest BCUT2D eigenvalue weighted by molar-refractivity contribution is 5.78. The average molecular weight is 270 g/mol. The molecule has 5 heteroatoms. The van der Waals surface area contributed by atoms with Crippen molar-refractivity contribution in [3.8, 4) is 0 Å². The molecule has 0 radical (unpaired) electrons. The van der Waals surface area contributed by atoms with Crippen LogP contribution >= 0.6 is 0 Å². The summed E-state index contributed by atoms with van der Waals surface area (Å²) in [5.41, 5.74) is 5.63. The highest BCUT2D eigenvalue weighted by Gasteiger charge is 2.25. The second-order valence-electron chi connectivity index (χ2n) is 5.74. The molecule has 1 atom stereocenters. The molecule has 19 heavy (non-hydrogen) atoms. The molecule has 1 fully saturated rings. The molecular weight excluding hydrogens is 244 g/mol. The van der Waals surface area contributed by atoms with E-state index in [1.807, 2.05) is 6.92 Å². The summed E-state index contributed by atoms with van der Waals surface area (Å²) in [7, 11) is 0. The quantitative estimate of drug-likeness (QED) is 0.651. The maximum Gasteiger partial charge on any atom is 0.303 e. The summed E-state index contributed by atoms with van der Waals surface area (Å²) >= 11 is 0. The van der Waals surface area contributed by atoms with E-state index in [-0.39, 0.29) is 24.2 Å². The van der Waals surface area contributed by atoms with Gasteiger partial charge < -0.3 is 16.2 Å². The number of aliphatic carboxylic acids is 1. The molecule has 0 bridgehead atoms. The number of carbonyl (C=O) groups excluding carboxylic acids is 1. The Morgan fingerprint density at radius 1 is 1.32 bits per heavy atom. The zero-order valence-electron chi connectivity index (χ0n) is 11.7. The van der Waals surface area contributed by atoms with Gasteiger partial charge in [-0.3, -0.25) is 9.59 Å². The normalized spacial score (nSPS) is 24.7. The van der Waals surface area contributed by atoms with Gasteiger partial charge in [-0.25, -0.2) is 0 Å². The molecule has 1 unspecified atom stereocenters. The lowest BCUT2D eigenvalue weighted by molar-refractivity contribution is -0.137. The first-order valence-electron chi connectivity index (χ1n) is 7.22. The van der Waals surface area contributed by atoms with Crippen LogP contribution in [-0.2, 0) is 9.59 Å². The minimum Gasteiger partial charge on any atom is -0.481 e. The monoisotopic (exact) mass is 270 g/mol. The molecule has 0 aromatic rings. The van der Waals surface area contributed by atoms with E-state index in [1.165, 1.54) is 0 Å². The Morgan fingerprint density at radius 3 is 2.47 bits per heavy atom. The molecule has 1 saturated carbocycles. The molecule has 0 aromatic carbocycles. The molecule has 1 rings (SSSR count). The van der Waals surface area contributed by atoms with E-state index in [2.05, 4.69) is 5.32 Å². The van der Waals surface area contributed by atoms with Gasteiger partial charge in [-0.2, -0.15) is 0 Å². The Bertz CT molecular complexity index is 299. The highest BCUT2D eigenvalue weighted by Crippen LogP contribution is 2.28. The molecule has 4 N–H and O–H groups in total. The van der Waals surface area contributed by atoms with Crippen LogP contribution in [0.3, 0.4) is 0 Å². The second-order valence-corrected chi connectivity index (χ2v) is 5.74. The first-order valence-corrected chi connectivity index (χ1v) is 7.22.